The monoisotopic (exact) mass is 542 g/mol. The molecule has 0 radical (unpaired) electrons. The minimum absolute atomic E-state index is 0.0442. The highest BCUT2D eigenvalue weighted by molar-refractivity contribution is 7.80. The second-order valence-corrected chi connectivity index (χ2v) is 11.2. The standard InChI is InChI=1S/C26H25F6N2PS/c1-17(2)23(16-35(21-9-5-3-6-10-21)22-11-7-4-8-12-22)34-24(36)33-20-14-18(25(27,28)29)13-19(15-20)26(30,31)32/h3-15,17,23H,16H2,1-2H3,(H2,33,34,36). The summed E-state index contributed by atoms with van der Waals surface area (Å²) in [5, 5.41) is 7.92. The van der Waals surface area contributed by atoms with Crippen LogP contribution < -0.4 is 21.2 Å². The van der Waals surface area contributed by atoms with Gasteiger partial charge >= 0.3 is 12.4 Å². The van der Waals surface area contributed by atoms with Crippen LogP contribution in [-0.4, -0.2) is 17.3 Å². The largest absolute Gasteiger partial charge is 0.416 e. The van der Waals surface area contributed by atoms with Crippen LogP contribution in [0.5, 0.6) is 0 Å². The number of hydrogen-bond donors (Lipinski definition) is 2. The fourth-order valence-corrected chi connectivity index (χ4v) is 6.52. The van der Waals surface area contributed by atoms with Gasteiger partial charge in [-0.05, 0) is 61.0 Å². The number of benzene rings is 3. The van der Waals surface area contributed by atoms with Crippen LogP contribution in [0.2, 0.25) is 0 Å². The van der Waals surface area contributed by atoms with Gasteiger partial charge in [-0.2, -0.15) is 26.3 Å². The van der Waals surface area contributed by atoms with Crippen molar-refractivity contribution in [3.05, 3.63) is 90.0 Å². The molecule has 0 bridgehead atoms. The average Bonchev–Trinajstić information content (AvgIpc) is 2.81. The number of nitrogens with one attached hydrogen (secondary N) is 2. The van der Waals surface area contributed by atoms with E-state index in [9.17, 15) is 26.3 Å². The minimum atomic E-state index is -4.94. The summed E-state index contributed by atoms with van der Waals surface area (Å²) in [4.78, 5) is 0. The highest BCUT2D eigenvalue weighted by Gasteiger charge is 2.37. The molecule has 3 rings (SSSR count). The second kappa shape index (κ2) is 11.6. The van der Waals surface area contributed by atoms with Gasteiger partial charge in [0.1, 0.15) is 0 Å². The van der Waals surface area contributed by atoms with Crippen molar-refractivity contribution < 1.29 is 26.3 Å². The molecular weight excluding hydrogens is 517 g/mol. The highest BCUT2D eigenvalue weighted by Crippen LogP contribution is 2.38. The summed E-state index contributed by atoms with van der Waals surface area (Å²) in [6.45, 7) is 3.96. The van der Waals surface area contributed by atoms with Gasteiger partial charge in [0.05, 0.1) is 11.1 Å². The Hall–Kier alpha value is -2.64. The Bertz CT molecular complexity index is 1080. The topological polar surface area (TPSA) is 24.1 Å². The molecule has 0 heterocycles. The Labute approximate surface area is 212 Å². The van der Waals surface area contributed by atoms with Gasteiger partial charge in [0.25, 0.3) is 0 Å². The summed E-state index contributed by atoms with van der Waals surface area (Å²) in [6.07, 6.45) is -9.21. The van der Waals surface area contributed by atoms with Crippen molar-refractivity contribution in [2.75, 3.05) is 11.5 Å². The molecule has 2 N–H and O–H groups in total. The molecule has 0 fully saturated rings. The Morgan fingerprint density at radius 1 is 0.778 bits per heavy atom. The SMILES string of the molecule is CC(C)C(CP(c1ccccc1)c1ccccc1)NC(=S)Nc1cc(C(F)(F)F)cc(C(F)(F)F)c1. The number of alkyl halides is 6. The molecule has 0 aliphatic heterocycles. The molecular formula is C26H25F6N2PS. The van der Waals surface area contributed by atoms with Crippen molar-refractivity contribution in [3.8, 4) is 0 Å². The van der Waals surface area contributed by atoms with Gasteiger partial charge in [-0.1, -0.05) is 74.5 Å². The van der Waals surface area contributed by atoms with Gasteiger partial charge in [0.2, 0.25) is 0 Å². The van der Waals surface area contributed by atoms with Crippen LogP contribution in [0.25, 0.3) is 0 Å². The van der Waals surface area contributed by atoms with Crippen molar-refractivity contribution in [2.45, 2.75) is 32.2 Å². The maximum Gasteiger partial charge on any atom is 0.416 e. The van der Waals surface area contributed by atoms with Gasteiger partial charge in [0, 0.05) is 11.7 Å². The first kappa shape index (κ1) is 27.9. The summed E-state index contributed by atoms with van der Waals surface area (Å²) in [5.74, 6) is 0.0782. The lowest BCUT2D eigenvalue weighted by Gasteiger charge is -2.29. The molecule has 0 spiro atoms. The first-order valence-electron chi connectivity index (χ1n) is 11.1. The molecule has 2 nitrogen and oxygen atoms in total. The Morgan fingerprint density at radius 3 is 1.61 bits per heavy atom. The molecule has 1 atom stereocenters. The predicted octanol–water partition coefficient (Wildman–Crippen LogP) is 7.17. The van der Waals surface area contributed by atoms with Crippen molar-refractivity contribution >= 4 is 41.5 Å². The lowest BCUT2D eigenvalue weighted by Crippen LogP contribution is -2.44. The van der Waals surface area contributed by atoms with Crippen molar-refractivity contribution in [3.63, 3.8) is 0 Å². The Morgan fingerprint density at radius 2 is 1.22 bits per heavy atom. The molecule has 192 valence electrons. The molecule has 36 heavy (non-hydrogen) atoms. The van der Waals surface area contributed by atoms with E-state index in [1.54, 1.807) is 0 Å². The van der Waals surface area contributed by atoms with E-state index >= 15 is 0 Å². The van der Waals surface area contributed by atoms with E-state index in [1.165, 1.54) is 0 Å². The van der Waals surface area contributed by atoms with Gasteiger partial charge < -0.3 is 10.6 Å². The predicted molar refractivity (Wildman–Crippen MR) is 138 cm³/mol. The molecule has 0 amide bonds. The normalized spacial score (nSPS) is 13.1. The molecule has 0 saturated carbocycles. The minimum Gasteiger partial charge on any atom is -0.359 e. The lowest BCUT2D eigenvalue weighted by atomic mass is 10.1. The highest BCUT2D eigenvalue weighted by atomic mass is 32.1. The third kappa shape index (κ3) is 7.68. The second-order valence-electron chi connectivity index (χ2n) is 8.53. The molecule has 3 aromatic carbocycles. The molecule has 0 aromatic heterocycles. The van der Waals surface area contributed by atoms with E-state index < -0.39 is 31.4 Å². The molecule has 0 saturated heterocycles. The van der Waals surface area contributed by atoms with Crippen LogP contribution in [-0.2, 0) is 12.4 Å². The van der Waals surface area contributed by atoms with Crippen molar-refractivity contribution in [1.29, 1.82) is 0 Å². The van der Waals surface area contributed by atoms with Gasteiger partial charge in [-0.25, -0.2) is 0 Å². The third-order valence-corrected chi connectivity index (χ3v) is 8.30. The summed E-state index contributed by atoms with van der Waals surface area (Å²) < 4.78 is 79.3. The zero-order valence-electron chi connectivity index (χ0n) is 19.5. The quantitative estimate of drug-likeness (QED) is 0.188. The Kier molecular flexibility index (Phi) is 9.01. The smallest absolute Gasteiger partial charge is 0.359 e. The van der Waals surface area contributed by atoms with Crippen LogP contribution in [0.4, 0.5) is 32.0 Å². The zero-order valence-corrected chi connectivity index (χ0v) is 21.2. The van der Waals surface area contributed by atoms with Crippen LogP contribution >= 0.6 is 20.1 Å². The maximum atomic E-state index is 13.2. The van der Waals surface area contributed by atoms with Crippen molar-refractivity contribution in [2.24, 2.45) is 5.92 Å². The van der Waals surface area contributed by atoms with Crippen LogP contribution in [0.15, 0.2) is 78.9 Å². The summed E-state index contributed by atoms with van der Waals surface area (Å²) in [6, 6.07) is 21.1. The van der Waals surface area contributed by atoms with E-state index in [2.05, 4.69) is 10.6 Å². The number of rotatable bonds is 7. The molecule has 10 heteroatoms. The summed E-state index contributed by atoms with van der Waals surface area (Å²) in [5.41, 5.74) is -3.19. The fourth-order valence-electron chi connectivity index (χ4n) is 3.56. The molecule has 0 aliphatic rings. The molecule has 0 aliphatic carbocycles. The first-order valence-corrected chi connectivity index (χ1v) is 13.0. The number of halogens is 6. The van der Waals surface area contributed by atoms with Crippen LogP contribution in [0.3, 0.4) is 0 Å². The third-order valence-electron chi connectivity index (χ3n) is 5.48. The zero-order chi connectivity index (χ0) is 26.5. The van der Waals surface area contributed by atoms with Gasteiger partial charge in [-0.3, -0.25) is 0 Å². The molecule has 1 unspecified atom stereocenters. The van der Waals surface area contributed by atoms with Gasteiger partial charge in [0.15, 0.2) is 5.11 Å². The maximum absolute atomic E-state index is 13.2. The van der Waals surface area contributed by atoms with Crippen LogP contribution in [0.1, 0.15) is 25.0 Å². The number of anilines is 1. The van der Waals surface area contributed by atoms with Gasteiger partial charge in [-0.15, -0.1) is 0 Å². The van der Waals surface area contributed by atoms with E-state index in [4.69, 9.17) is 12.2 Å². The average molecular weight is 543 g/mol. The Balaban J connectivity index is 1.84. The lowest BCUT2D eigenvalue weighted by molar-refractivity contribution is -0.143. The summed E-state index contributed by atoms with van der Waals surface area (Å²) in [7, 11) is -0.801. The van der Waals surface area contributed by atoms with Crippen molar-refractivity contribution in [1.82, 2.24) is 5.32 Å². The molecule has 3 aromatic rings. The van der Waals surface area contributed by atoms with E-state index in [-0.39, 0.29) is 28.8 Å². The number of hydrogen-bond acceptors (Lipinski definition) is 1. The van der Waals surface area contributed by atoms with E-state index in [1.807, 2.05) is 74.5 Å². The summed E-state index contributed by atoms with van der Waals surface area (Å²) >= 11 is 5.31. The number of thiocarbonyl (C=S) groups is 1. The fraction of sp³-hybridized carbons (Fsp3) is 0.269. The van der Waals surface area contributed by atoms with E-state index in [0.717, 1.165) is 10.6 Å². The van der Waals surface area contributed by atoms with Crippen LogP contribution in [0, 0.1) is 5.92 Å². The van der Waals surface area contributed by atoms with E-state index in [0.29, 0.717) is 18.3 Å². The first-order chi connectivity index (χ1) is 16.8.